The predicted molar refractivity (Wildman–Crippen MR) is 159 cm³/mol. The molecule has 8 nitrogen and oxygen atoms in total. The fraction of sp³-hybridized carbons (Fsp3) is 0.548. The van der Waals surface area contributed by atoms with Gasteiger partial charge in [-0.05, 0) is 48.9 Å². The summed E-state index contributed by atoms with van der Waals surface area (Å²) < 4.78 is 28.5. The van der Waals surface area contributed by atoms with Gasteiger partial charge in [0.1, 0.15) is 5.78 Å². The van der Waals surface area contributed by atoms with Crippen LogP contribution in [-0.2, 0) is 26.0 Å². The average Bonchev–Trinajstić information content (AvgIpc) is 2.89. The fourth-order valence-electron chi connectivity index (χ4n) is 4.51. The quantitative estimate of drug-likeness (QED) is 0.282. The number of nitrogens with zero attached hydrogens (tertiary/aromatic N) is 1. The minimum atomic E-state index is -3.88. The van der Waals surface area contributed by atoms with E-state index >= 15 is 0 Å². The number of likely N-dealkylation sites (N-methyl/N-ethyl adjacent to an activating group) is 1. The van der Waals surface area contributed by atoms with Gasteiger partial charge in [0.25, 0.3) is 0 Å². The number of benzene rings is 2. The van der Waals surface area contributed by atoms with Crippen LogP contribution in [0.1, 0.15) is 53.0 Å². The maximum Gasteiger partial charge on any atom is 0.243 e. The molecule has 0 aliphatic rings. The molecule has 40 heavy (non-hydrogen) atoms. The van der Waals surface area contributed by atoms with Crippen molar-refractivity contribution in [1.29, 1.82) is 0 Å². The molecule has 2 rings (SSSR count). The number of Topliss-reactive ketones (excluding diaryl/α,β-unsaturated/α-hetero) is 1. The largest absolute Gasteiger partial charge is 0.390 e. The van der Waals surface area contributed by atoms with Crippen molar-refractivity contribution in [3.63, 3.8) is 0 Å². The van der Waals surface area contributed by atoms with Gasteiger partial charge in [0, 0.05) is 25.4 Å². The molecule has 3 N–H and O–H groups in total. The van der Waals surface area contributed by atoms with Crippen LogP contribution >= 0.6 is 0 Å². The monoisotopic (exact) mass is 573 g/mol. The number of hydrogen-bond acceptors (Lipinski definition) is 6. The summed E-state index contributed by atoms with van der Waals surface area (Å²) in [6.45, 7) is 9.99. The lowest BCUT2D eigenvalue weighted by molar-refractivity contribution is -0.134. The van der Waals surface area contributed by atoms with E-state index < -0.39 is 33.5 Å². The summed E-state index contributed by atoms with van der Waals surface area (Å²) in [5.41, 5.74) is 0.389. The van der Waals surface area contributed by atoms with E-state index in [2.05, 4.69) is 10.6 Å². The second kappa shape index (κ2) is 15.4. The summed E-state index contributed by atoms with van der Waals surface area (Å²) in [6, 6.07) is 16.9. The highest BCUT2D eigenvalue weighted by molar-refractivity contribution is 7.89. The zero-order valence-corrected chi connectivity index (χ0v) is 25.6. The number of rotatable bonds is 16. The van der Waals surface area contributed by atoms with Crippen molar-refractivity contribution >= 4 is 21.7 Å². The van der Waals surface area contributed by atoms with Crippen LogP contribution in [0.15, 0.2) is 65.6 Å². The molecule has 0 aliphatic heterocycles. The molecule has 0 aliphatic carbocycles. The highest BCUT2D eigenvalue weighted by Gasteiger charge is 2.36. The number of aliphatic hydroxyl groups is 1. The van der Waals surface area contributed by atoms with E-state index in [1.807, 2.05) is 65.0 Å². The number of ketones is 1. The molecule has 0 bridgehead atoms. The minimum absolute atomic E-state index is 0.0627. The molecule has 0 heterocycles. The van der Waals surface area contributed by atoms with Gasteiger partial charge in [-0.1, -0.05) is 83.1 Å². The van der Waals surface area contributed by atoms with E-state index in [4.69, 9.17) is 0 Å². The molecule has 9 heteroatoms. The highest BCUT2D eigenvalue weighted by atomic mass is 32.2. The lowest BCUT2D eigenvalue weighted by Gasteiger charge is -2.34. The molecule has 2 aromatic carbocycles. The van der Waals surface area contributed by atoms with E-state index in [1.54, 1.807) is 37.4 Å². The molecule has 0 saturated heterocycles. The van der Waals surface area contributed by atoms with Gasteiger partial charge in [-0.25, -0.2) is 8.42 Å². The number of carbonyl (C=O) groups excluding carboxylic acids is 2. The molecule has 1 amide bonds. The van der Waals surface area contributed by atoms with Crippen LogP contribution in [-0.4, -0.2) is 68.3 Å². The number of hydrogen-bond donors (Lipinski definition) is 3. The van der Waals surface area contributed by atoms with Gasteiger partial charge in [-0.15, -0.1) is 0 Å². The first-order valence-corrected chi connectivity index (χ1v) is 15.4. The topological polar surface area (TPSA) is 116 Å². The molecular weight excluding hydrogens is 526 g/mol. The van der Waals surface area contributed by atoms with Crippen molar-refractivity contribution in [3.8, 4) is 0 Å². The van der Waals surface area contributed by atoms with Crippen molar-refractivity contribution in [2.45, 2.75) is 70.9 Å². The van der Waals surface area contributed by atoms with Crippen LogP contribution in [0.2, 0.25) is 0 Å². The Labute approximate surface area is 240 Å². The Balaban J connectivity index is 2.38. The number of carbonyl (C=O) groups is 2. The lowest BCUT2D eigenvalue weighted by atomic mass is 9.77. The van der Waals surface area contributed by atoms with E-state index in [1.165, 1.54) is 4.31 Å². The second-order valence-electron chi connectivity index (χ2n) is 11.9. The third kappa shape index (κ3) is 10.4. The molecule has 0 saturated carbocycles. The van der Waals surface area contributed by atoms with Crippen molar-refractivity contribution in [2.24, 2.45) is 17.3 Å². The van der Waals surface area contributed by atoms with E-state index in [9.17, 15) is 23.1 Å². The van der Waals surface area contributed by atoms with Crippen molar-refractivity contribution < 1.29 is 23.1 Å². The Morgan fingerprint density at radius 1 is 0.975 bits per heavy atom. The molecule has 0 aromatic heterocycles. The van der Waals surface area contributed by atoms with Crippen molar-refractivity contribution in [1.82, 2.24) is 14.9 Å². The second-order valence-corrected chi connectivity index (χ2v) is 13.9. The van der Waals surface area contributed by atoms with Gasteiger partial charge in [0.05, 0.1) is 23.6 Å². The highest BCUT2D eigenvalue weighted by Crippen LogP contribution is 2.30. The number of nitrogens with one attached hydrogen (secondary N) is 2. The molecular formula is C31H47N3O5S. The van der Waals surface area contributed by atoms with Crippen molar-refractivity contribution in [3.05, 3.63) is 66.2 Å². The summed E-state index contributed by atoms with van der Waals surface area (Å²) in [6.07, 6.45) is -0.205. The Bertz CT molecular complexity index is 1160. The molecule has 0 radical (unpaired) electrons. The van der Waals surface area contributed by atoms with Gasteiger partial charge in [0.2, 0.25) is 15.9 Å². The first kappa shape index (κ1) is 33.6. The Morgan fingerprint density at radius 2 is 1.55 bits per heavy atom. The standard InChI is InChI=1S/C31H47N3O5S/c1-23(2)17-18-34(40(38,39)26-15-11-8-12-16-26)22-29(36)28(19-24-13-9-7-10-14-24)33-30(37)27(31(3,4)5)20-25(35)21-32-6/h7-16,23,27-29,32,36H,17-22H2,1-6H3,(H,33,37)/t27-,28+,29-/m1/s1. The summed E-state index contributed by atoms with van der Waals surface area (Å²) in [7, 11) is -2.19. The number of sulfonamides is 1. The van der Waals surface area contributed by atoms with Gasteiger partial charge in [0.15, 0.2) is 0 Å². The molecule has 0 spiro atoms. The third-order valence-corrected chi connectivity index (χ3v) is 8.87. The zero-order chi connectivity index (χ0) is 29.9. The first-order valence-electron chi connectivity index (χ1n) is 14.0. The predicted octanol–water partition coefficient (Wildman–Crippen LogP) is 3.65. The smallest absolute Gasteiger partial charge is 0.243 e. The maximum absolute atomic E-state index is 13.6. The van der Waals surface area contributed by atoms with E-state index in [0.29, 0.717) is 12.8 Å². The zero-order valence-electron chi connectivity index (χ0n) is 24.8. The van der Waals surface area contributed by atoms with E-state index in [0.717, 1.165) is 5.56 Å². The minimum Gasteiger partial charge on any atom is -0.390 e. The fourth-order valence-corrected chi connectivity index (χ4v) is 6.01. The number of aliphatic hydroxyl groups excluding tert-OH is 1. The molecule has 0 fully saturated rings. The maximum atomic E-state index is 13.6. The van der Waals surface area contributed by atoms with Crippen LogP contribution < -0.4 is 10.6 Å². The molecule has 2 aromatic rings. The van der Waals surface area contributed by atoms with Gasteiger partial charge < -0.3 is 15.7 Å². The summed E-state index contributed by atoms with van der Waals surface area (Å²) in [4.78, 5) is 26.3. The van der Waals surface area contributed by atoms with E-state index in [-0.39, 0.29) is 48.6 Å². The van der Waals surface area contributed by atoms with Crippen LogP contribution in [0, 0.1) is 17.3 Å². The number of amides is 1. The van der Waals surface area contributed by atoms with Crippen LogP contribution in [0.5, 0.6) is 0 Å². The first-order chi connectivity index (χ1) is 18.8. The summed E-state index contributed by atoms with van der Waals surface area (Å²) >= 11 is 0. The Hall–Kier alpha value is -2.59. The SMILES string of the molecule is CNCC(=O)C[C@H](C(=O)N[C@@H](Cc1ccccc1)[C@H](O)CN(CCC(C)C)S(=O)(=O)c1ccccc1)C(C)(C)C. The van der Waals surface area contributed by atoms with Crippen LogP contribution in [0.25, 0.3) is 0 Å². The Morgan fingerprint density at radius 3 is 2.08 bits per heavy atom. The van der Waals surface area contributed by atoms with Gasteiger partial charge in [-0.2, -0.15) is 4.31 Å². The molecule has 3 atom stereocenters. The lowest BCUT2D eigenvalue weighted by Crippen LogP contribution is -2.53. The molecule has 222 valence electrons. The molecule has 0 unspecified atom stereocenters. The third-order valence-electron chi connectivity index (χ3n) is 6.99. The summed E-state index contributed by atoms with van der Waals surface area (Å²) in [5, 5.41) is 17.4. The average molecular weight is 574 g/mol. The van der Waals surface area contributed by atoms with Crippen molar-refractivity contribution in [2.75, 3.05) is 26.7 Å². The normalized spacial score (nSPS) is 14.6. The summed E-state index contributed by atoms with van der Waals surface area (Å²) in [5.74, 6) is -0.778. The van der Waals surface area contributed by atoms with Gasteiger partial charge >= 0.3 is 0 Å². The van der Waals surface area contributed by atoms with Gasteiger partial charge in [-0.3, -0.25) is 9.59 Å². The van der Waals surface area contributed by atoms with Crippen LogP contribution in [0.4, 0.5) is 0 Å². The van der Waals surface area contributed by atoms with Crippen LogP contribution in [0.3, 0.4) is 0 Å². The Kier molecular flexibility index (Phi) is 13.0.